The number of likely N-dealkylation sites (tertiary alicyclic amines) is 1. The molecule has 0 saturated carbocycles. The Labute approximate surface area is 157 Å². The Bertz CT molecular complexity index is 952. The fraction of sp³-hybridized carbons (Fsp3) is 0.550. The Hall–Kier alpha value is -2.41. The van der Waals surface area contributed by atoms with E-state index in [1.807, 2.05) is 39.6 Å². The third kappa shape index (κ3) is 2.15. The van der Waals surface area contributed by atoms with E-state index in [4.69, 9.17) is 4.74 Å². The Kier molecular flexibility index (Phi) is 3.44. The molecular weight excluding hydrogens is 344 g/mol. The molecule has 2 aromatic rings. The maximum Gasteiger partial charge on any atom is 0.254 e. The highest BCUT2D eigenvalue weighted by Gasteiger charge is 2.65. The lowest BCUT2D eigenvalue weighted by Gasteiger charge is -2.34. The van der Waals surface area contributed by atoms with E-state index in [1.54, 1.807) is 6.33 Å². The Morgan fingerprint density at radius 3 is 2.96 bits per heavy atom. The number of nitrogens with zero attached hydrogens (tertiary/aromatic N) is 4. The van der Waals surface area contributed by atoms with Gasteiger partial charge >= 0.3 is 0 Å². The van der Waals surface area contributed by atoms with Gasteiger partial charge in [0.15, 0.2) is 5.72 Å². The highest BCUT2D eigenvalue weighted by atomic mass is 16.5. The second-order valence-electron chi connectivity index (χ2n) is 8.26. The minimum absolute atomic E-state index is 0.0457. The molecule has 1 aromatic carbocycles. The van der Waals surface area contributed by atoms with Crippen molar-refractivity contribution in [3.8, 4) is 0 Å². The predicted molar refractivity (Wildman–Crippen MR) is 98.9 cm³/mol. The van der Waals surface area contributed by atoms with Gasteiger partial charge in [-0.05, 0) is 24.1 Å². The minimum atomic E-state index is -0.628. The molecule has 7 nitrogen and oxygen atoms in total. The largest absolute Gasteiger partial charge is 0.351 e. The van der Waals surface area contributed by atoms with Crippen LogP contribution in [0.3, 0.4) is 0 Å². The molecule has 3 aliphatic heterocycles. The SMILES string of the molecule is CC(C)[C@@H]1CO[C@@]23CCN(C(=O)c4ccc5c(c4)ncn5C)[C@@H]2CC(=O)N13. The average Bonchev–Trinajstić information content (AvgIpc) is 3.36. The van der Waals surface area contributed by atoms with Gasteiger partial charge in [-0.1, -0.05) is 13.8 Å². The van der Waals surface area contributed by atoms with E-state index >= 15 is 0 Å². The second-order valence-corrected chi connectivity index (χ2v) is 8.26. The maximum atomic E-state index is 13.3. The number of carbonyl (C=O) groups is 2. The molecule has 0 aliphatic carbocycles. The zero-order valence-electron chi connectivity index (χ0n) is 15.9. The van der Waals surface area contributed by atoms with Gasteiger partial charge in [0.25, 0.3) is 5.91 Å². The highest BCUT2D eigenvalue weighted by molar-refractivity contribution is 5.98. The highest BCUT2D eigenvalue weighted by Crippen LogP contribution is 2.49. The van der Waals surface area contributed by atoms with Crippen LogP contribution in [0.25, 0.3) is 11.0 Å². The molecule has 3 aliphatic rings. The average molecular weight is 368 g/mol. The number of fused-ring (bicyclic) bond motifs is 1. The van der Waals surface area contributed by atoms with E-state index < -0.39 is 5.72 Å². The van der Waals surface area contributed by atoms with Crippen molar-refractivity contribution in [2.75, 3.05) is 13.2 Å². The number of ether oxygens (including phenoxy) is 1. The third-order valence-electron chi connectivity index (χ3n) is 6.49. The molecule has 7 heteroatoms. The standard InChI is InChI=1S/C20H24N4O3/c1-12(2)16-10-27-20-6-7-23(17(20)9-18(25)24(16)20)19(26)13-4-5-15-14(8-13)21-11-22(15)3/h4-5,8,11-12,16-17H,6-7,9-10H2,1-3H3/t16-,17+,20-/m0/s1. The fourth-order valence-corrected chi connectivity index (χ4v) is 5.05. The molecular formula is C20H24N4O3. The van der Waals surface area contributed by atoms with Crippen LogP contribution in [0.15, 0.2) is 24.5 Å². The second kappa shape index (κ2) is 5.55. The Morgan fingerprint density at radius 2 is 2.19 bits per heavy atom. The predicted octanol–water partition coefficient (Wildman–Crippen LogP) is 1.77. The van der Waals surface area contributed by atoms with E-state index in [0.29, 0.717) is 37.5 Å². The normalized spacial score (nSPS) is 29.9. The molecule has 142 valence electrons. The number of hydrogen-bond donors (Lipinski definition) is 0. The summed E-state index contributed by atoms with van der Waals surface area (Å²) in [6, 6.07) is 5.50. The summed E-state index contributed by atoms with van der Waals surface area (Å²) >= 11 is 0. The van der Waals surface area contributed by atoms with Crippen molar-refractivity contribution >= 4 is 22.8 Å². The van der Waals surface area contributed by atoms with Crippen LogP contribution in [0.1, 0.15) is 37.0 Å². The summed E-state index contributed by atoms with van der Waals surface area (Å²) in [5, 5.41) is 0. The number of amides is 2. The molecule has 0 radical (unpaired) electrons. The molecule has 0 N–H and O–H groups in total. The summed E-state index contributed by atoms with van der Waals surface area (Å²) in [6.45, 7) is 5.40. The Morgan fingerprint density at radius 1 is 1.37 bits per heavy atom. The van der Waals surface area contributed by atoms with Crippen molar-refractivity contribution in [2.24, 2.45) is 13.0 Å². The van der Waals surface area contributed by atoms with Gasteiger partial charge in [0, 0.05) is 25.6 Å². The number of carbonyl (C=O) groups excluding carboxylic acids is 2. The number of aryl methyl sites for hydroxylation is 1. The first-order valence-electron chi connectivity index (χ1n) is 9.60. The van der Waals surface area contributed by atoms with Crippen LogP contribution < -0.4 is 0 Å². The van der Waals surface area contributed by atoms with Crippen LogP contribution in [0.2, 0.25) is 0 Å². The number of benzene rings is 1. The van der Waals surface area contributed by atoms with Gasteiger partial charge in [0.05, 0.1) is 42.5 Å². The lowest BCUT2D eigenvalue weighted by Crippen LogP contribution is -2.51. The van der Waals surface area contributed by atoms with Gasteiger partial charge < -0.3 is 19.1 Å². The van der Waals surface area contributed by atoms with E-state index in [0.717, 1.165) is 11.0 Å². The molecule has 1 spiro atoms. The van der Waals surface area contributed by atoms with Gasteiger partial charge in [0.2, 0.25) is 5.91 Å². The van der Waals surface area contributed by atoms with Crippen LogP contribution in [0.4, 0.5) is 0 Å². The molecule has 2 amide bonds. The summed E-state index contributed by atoms with van der Waals surface area (Å²) in [5.74, 6) is 0.396. The first-order valence-corrected chi connectivity index (χ1v) is 9.60. The number of aromatic nitrogens is 2. The molecule has 3 fully saturated rings. The molecule has 3 atom stereocenters. The van der Waals surface area contributed by atoms with Crippen molar-refractivity contribution < 1.29 is 14.3 Å². The minimum Gasteiger partial charge on any atom is -0.351 e. The van der Waals surface area contributed by atoms with Gasteiger partial charge in [-0.25, -0.2) is 4.98 Å². The molecule has 5 rings (SSSR count). The summed E-state index contributed by atoms with van der Waals surface area (Å²) < 4.78 is 8.15. The first-order chi connectivity index (χ1) is 12.9. The summed E-state index contributed by atoms with van der Waals surface area (Å²) in [6.07, 6.45) is 2.78. The van der Waals surface area contributed by atoms with Crippen LogP contribution >= 0.6 is 0 Å². The number of hydrogen-bond acceptors (Lipinski definition) is 4. The summed E-state index contributed by atoms with van der Waals surface area (Å²) in [4.78, 5) is 34.1. The van der Waals surface area contributed by atoms with Crippen molar-refractivity contribution in [2.45, 2.75) is 44.5 Å². The van der Waals surface area contributed by atoms with Crippen LogP contribution in [0.5, 0.6) is 0 Å². The van der Waals surface area contributed by atoms with Gasteiger partial charge in [0.1, 0.15) is 0 Å². The van der Waals surface area contributed by atoms with Crippen molar-refractivity contribution in [3.63, 3.8) is 0 Å². The van der Waals surface area contributed by atoms with Crippen molar-refractivity contribution in [3.05, 3.63) is 30.1 Å². The number of rotatable bonds is 2. The van der Waals surface area contributed by atoms with Gasteiger partial charge in [-0.15, -0.1) is 0 Å². The van der Waals surface area contributed by atoms with Crippen molar-refractivity contribution in [1.82, 2.24) is 19.4 Å². The molecule has 4 heterocycles. The quantitative estimate of drug-likeness (QED) is 0.810. The zero-order valence-corrected chi connectivity index (χ0v) is 15.9. The van der Waals surface area contributed by atoms with E-state index in [1.165, 1.54) is 0 Å². The van der Waals surface area contributed by atoms with Crippen LogP contribution in [-0.2, 0) is 16.6 Å². The van der Waals surface area contributed by atoms with E-state index in [9.17, 15) is 9.59 Å². The summed E-state index contributed by atoms with van der Waals surface area (Å²) in [7, 11) is 1.93. The monoisotopic (exact) mass is 368 g/mol. The van der Waals surface area contributed by atoms with Crippen molar-refractivity contribution in [1.29, 1.82) is 0 Å². The first kappa shape index (κ1) is 16.7. The van der Waals surface area contributed by atoms with Crippen LogP contribution in [-0.4, -0.2) is 62.1 Å². The van der Waals surface area contributed by atoms with Gasteiger partial charge in [-0.3, -0.25) is 9.59 Å². The van der Waals surface area contributed by atoms with E-state index in [-0.39, 0.29) is 23.9 Å². The molecule has 0 bridgehead atoms. The smallest absolute Gasteiger partial charge is 0.254 e. The summed E-state index contributed by atoms with van der Waals surface area (Å²) in [5.41, 5.74) is 1.78. The fourth-order valence-electron chi connectivity index (χ4n) is 5.05. The maximum absolute atomic E-state index is 13.3. The number of imidazole rings is 1. The molecule has 0 unspecified atom stereocenters. The lowest BCUT2D eigenvalue weighted by atomic mass is 10.0. The van der Waals surface area contributed by atoms with E-state index in [2.05, 4.69) is 18.8 Å². The van der Waals surface area contributed by atoms with Gasteiger partial charge in [-0.2, -0.15) is 0 Å². The Balaban J connectivity index is 1.47. The zero-order chi connectivity index (χ0) is 18.9. The molecule has 1 aromatic heterocycles. The van der Waals surface area contributed by atoms with Crippen LogP contribution in [0, 0.1) is 5.92 Å². The molecule has 27 heavy (non-hydrogen) atoms. The lowest BCUT2D eigenvalue weighted by molar-refractivity contribution is -0.139. The third-order valence-corrected chi connectivity index (χ3v) is 6.49. The molecule has 3 saturated heterocycles. The topological polar surface area (TPSA) is 67.7 Å².